The maximum absolute atomic E-state index is 11.5. The van der Waals surface area contributed by atoms with E-state index >= 15 is 0 Å². The van der Waals surface area contributed by atoms with Crippen molar-refractivity contribution in [3.8, 4) is 12.3 Å². The van der Waals surface area contributed by atoms with Gasteiger partial charge in [0.25, 0.3) is 0 Å². The van der Waals surface area contributed by atoms with Gasteiger partial charge in [0, 0.05) is 12.1 Å². The molecular formula is C14H18N2O. The average Bonchev–Trinajstić information content (AvgIpc) is 2.32. The van der Waals surface area contributed by atoms with Crippen molar-refractivity contribution in [3.63, 3.8) is 0 Å². The molecule has 0 heterocycles. The summed E-state index contributed by atoms with van der Waals surface area (Å²) in [6.45, 7) is 3.10. The Balaban J connectivity index is 2.21. The smallest absolute Gasteiger partial charge is 0.238 e. The number of anilines is 1. The molecule has 1 amide bonds. The Kier molecular flexibility index (Phi) is 5.84. The third-order valence-corrected chi connectivity index (χ3v) is 2.30. The Morgan fingerprint density at radius 1 is 1.35 bits per heavy atom. The Bertz CT molecular complexity index is 390. The average molecular weight is 230 g/mol. The van der Waals surface area contributed by atoms with E-state index in [9.17, 15) is 4.79 Å². The van der Waals surface area contributed by atoms with Gasteiger partial charge in [-0.15, -0.1) is 12.3 Å². The maximum Gasteiger partial charge on any atom is 0.238 e. The molecule has 0 fully saturated rings. The minimum Gasteiger partial charge on any atom is -0.325 e. The van der Waals surface area contributed by atoms with Crippen LogP contribution in [0.25, 0.3) is 0 Å². The van der Waals surface area contributed by atoms with Crippen molar-refractivity contribution in [3.05, 3.63) is 29.8 Å². The molecule has 17 heavy (non-hydrogen) atoms. The Morgan fingerprint density at radius 3 is 2.71 bits per heavy atom. The number of unbranched alkanes of at least 4 members (excludes halogenated alkanes) is 1. The van der Waals surface area contributed by atoms with Crippen LogP contribution in [-0.2, 0) is 4.79 Å². The predicted octanol–water partition coefficient (Wildman–Crippen LogP) is 1.94. The molecule has 1 aromatic carbocycles. The third-order valence-electron chi connectivity index (χ3n) is 2.30. The number of terminal acetylenes is 1. The van der Waals surface area contributed by atoms with E-state index in [0.717, 1.165) is 25.1 Å². The molecule has 3 nitrogen and oxygen atoms in total. The third kappa shape index (κ3) is 5.74. The highest BCUT2D eigenvalue weighted by atomic mass is 16.1. The van der Waals surface area contributed by atoms with Gasteiger partial charge in [-0.25, -0.2) is 0 Å². The molecule has 0 spiro atoms. The van der Waals surface area contributed by atoms with Crippen LogP contribution >= 0.6 is 0 Å². The molecule has 3 heteroatoms. The number of hydrogen-bond donors (Lipinski definition) is 2. The molecule has 1 rings (SSSR count). The van der Waals surface area contributed by atoms with E-state index in [-0.39, 0.29) is 5.91 Å². The van der Waals surface area contributed by atoms with Crippen molar-refractivity contribution in [2.75, 3.05) is 18.4 Å². The minimum absolute atomic E-state index is 0.0328. The van der Waals surface area contributed by atoms with Gasteiger partial charge in [-0.3, -0.25) is 4.79 Å². The molecule has 2 N–H and O–H groups in total. The van der Waals surface area contributed by atoms with E-state index in [1.54, 1.807) is 0 Å². The number of carbonyl (C=O) groups is 1. The molecule has 90 valence electrons. The predicted molar refractivity (Wildman–Crippen MR) is 70.7 cm³/mol. The fourth-order valence-electron chi connectivity index (χ4n) is 1.36. The van der Waals surface area contributed by atoms with Crippen molar-refractivity contribution in [2.45, 2.75) is 19.8 Å². The maximum atomic E-state index is 11.5. The Labute approximate surface area is 103 Å². The zero-order valence-electron chi connectivity index (χ0n) is 10.1. The highest BCUT2D eigenvalue weighted by Gasteiger charge is 2.00. The first-order valence-corrected chi connectivity index (χ1v) is 5.73. The van der Waals surface area contributed by atoms with Crippen molar-refractivity contribution in [1.82, 2.24) is 5.32 Å². The lowest BCUT2D eigenvalue weighted by Crippen LogP contribution is -2.28. The number of nitrogens with one attached hydrogen (secondary N) is 2. The van der Waals surface area contributed by atoms with Gasteiger partial charge in [0.2, 0.25) is 5.91 Å². The number of hydrogen-bond acceptors (Lipinski definition) is 2. The van der Waals surface area contributed by atoms with E-state index in [0.29, 0.717) is 6.54 Å². The monoisotopic (exact) mass is 230 g/mol. The second-order valence-corrected chi connectivity index (χ2v) is 3.90. The topological polar surface area (TPSA) is 41.1 Å². The quantitative estimate of drug-likeness (QED) is 0.579. The van der Waals surface area contributed by atoms with E-state index in [1.165, 1.54) is 5.56 Å². The molecule has 1 aromatic rings. The molecule has 0 saturated carbocycles. The van der Waals surface area contributed by atoms with Crippen LogP contribution in [0.1, 0.15) is 18.4 Å². The molecule has 0 aliphatic heterocycles. The van der Waals surface area contributed by atoms with Gasteiger partial charge in [0.1, 0.15) is 0 Å². The van der Waals surface area contributed by atoms with Gasteiger partial charge >= 0.3 is 0 Å². The Hall–Kier alpha value is -1.79. The second-order valence-electron chi connectivity index (χ2n) is 3.90. The van der Waals surface area contributed by atoms with E-state index in [4.69, 9.17) is 6.42 Å². The molecule has 0 aliphatic rings. The summed E-state index contributed by atoms with van der Waals surface area (Å²) in [7, 11) is 0. The number of carbonyl (C=O) groups excluding carboxylic acids is 1. The summed E-state index contributed by atoms with van der Waals surface area (Å²) in [4.78, 5) is 11.5. The SMILES string of the molecule is C#CCCCNCC(=O)Nc1ccc(C)cc1. The zero-order valence-corrected chi connectivity index (χ0v) is 10.1. The molecule has 0 aliphatic carbocycles. The normalized spacial score (nSPS) is 9.65. The fraction of sp³-hybridized carbons (Fsp3) is 0.357. The summed E-state index contributed by atoms with van der Waals surface area (Å²) in [6, 6.07) is 7.73. The summed E-state index contributed by atoms with van der Waals surface area (Å²) >= 11 is 0. The van der Waals surface area contributed by atoms with Crippen LogP contribution in [0.4, 0.5) is 5.69 Å². The van der Waals surface area contributed by atoms with Crippen LogP contribution < -0.4 is 10.6 Å². The number of amides is 1. The van der Waals surface area contributed by atoms with Crippen LogP contribution in [0, 0.1) is 19.3 Å². The van der Waals surface area contributed by atoms with Crippen molar-refractivity contribution >= 4 is 11.6 Å². The second kappa shape index (κ2) is 7.48. The lowest BCUT2D eigenvalue weighted by Gasteiger charge is -2.06. The molecule has 0 unspecified atom stereocenters. The van der Waals surface area contributed by atoms with Gasteiger partial charge in [0.15, 0.2) is 0 Å². The van der Waals surface area contributed by atoms with Gasteiger partial charge in [0.05, 0.1) is 6.54 Å². The standard InChI is InChI=1S/C14H18N2O/c1-3-4-5-10-15-11-14(17)16-13-8-6-12(2)7-9-13/h1,6-9,15H,4-5,10-11H2,2H3,(H,16,17). The first-order valence-electron chi connectivity index (χ1n) is 5.73. The zero-order chi connectivity index (χ0) is 12.5. The largest absolute Gasteiger partial charge is 0.325 e. The van der Waals surface area contributed by atoms with Crippen LogP contribution in [0.3, 0.4) is 0 Å². The van der Waals surface area contributed by atoms with Crippen molar-refractivity contribution in [2.24, 2.45) is 0 Å². The highest BCUT2D eigenvalue weighted by molar-refractivity contribution is 5.92. The van der Waals surface area contributed by atoms with Crippen molar-refractivity contribution < 1.29 is 4.79 Å². The van der Waals surface area contributed by atoms with Crippen molar-refractivity contribution in [1.29, 1.82) is 0 Å². The van der Waals surface area contributed by atoms with Crippen LogP contribution in [0.5, 0.6) is 0 Å². The molecule has 0 atom stereocenters. The first-order chi connectivity index (χ1) is 8.22. The summed E-state index contributed by atoms with van der Waals surface area (Å²) in [6.07, 6.45) is 6.77. The number of aryl methyl sites for hydroxylation is 1. The summed E-state index contributed by atoms with van der Waals surface area (Å²) in [5.41, 5.74) is 2.00. The summed E-state index contributed by atoms with van der Waals surface area (Å²) in [5, 5.41) is 5.86. The highest BCUT2D eigenvalue weighted by Crippen LogP contribution is 2.07. The lowest BCUT2D eigenvalue weighted by molar-refractivity contribution is -0.115. The van der Waals surface area contributed by atoms with Gasteiger partial charge in [-0.2, -0.15) is 0 Å². The van der Waals surface area contributed by atoms with E-state index < -0.39 is 0 Å². The molecular weight excluding hydrogens is 212 g/mol. The van der Waals surface area contributed by atoms with Gasteiger partial charge in [-0.05, 0) is 32.0 Å². The van der Waals surface area contributed by atoms with Gasteiger partial charge < -0.3 is 10.6 Å². The number of rotatable bonds is 6. The number of benzene rings is 1. The molecule has 0 radical (unpaired) electrons. The molecule has 0 aromatic heterocycles. The summed E-state index contributed by atoms with van der Waals surface area (Å²) in [5.74, 6) is 2.53. The minimum atomic E-state index is -0.0328. The molecule has 0 bridgehead atoms. The fourth-order valence-corrected chi connectivity index (χ4v) is 1.36. The van der Waals surface area contributed by atoms with Crippen LogP contribution in [0.15, 0.2) is 24.3 Å². The van der Waals surface area contributed by atoms with Gasteiger partial charge in [-0.1, -0.05) is 17.7 Å². The van der Waals surface area contributed by atoms with E-state index in [2.05, 4.69) is 16.6 Å². The summed E-state index contributed by atoms with van der Waals surface area (Å²) < 4.78 is 0. The van der Waals surface area contributed by atoms with Crippen LogP contribution in [-0.4, -0.2) is 19.0 Å². The Morgan fingerprint density at radius 2 is 2.06 bits per heavy atom. The lowest BCUT2D eigenvalue weighted by atomic mass is 10.2. The van der Waals surface area contributed by atoms with Crippen LogP contribution in [0.2, 0.25) is 0 Å². The molecule has 0 saturated heterocycles. The van der Waals surface area contributed by atoms with E-state index in [1.807, 2.05) is 31.2 Å². The first kappa shape index (κ1) is 13.3.